The third-order valence-electron chi connectivity index (χ3n) is 2.48. The molecule has 108 valence electrons. The smallest absolute Gasteiger partial charge is 0.314 e. The van der Waals surface area contributed by atoms with E-state index in [2.05, 4.69) is 5.32 Å². The van der Waals surface area contributed by atoms with Crippen molar-refractivity contribution in [1.82, 2.24) is 0 Å². The van der Waals surface area contributed by atoms with Gasteiger partial charge in [-0.2, -0.15) is 0 Å². The fraction of sp³-hybridized carbons (Fsp3) is 0. The lowest BCUT2D eigenvalue weighted by molar-refractivity contribution is -0.133. The Morgan fingerprint density at radius 1 is 0.762 bits per heavy atom. The number of amides is 2. The molecule has 2 aromatic rings. The predicted octanol–water partition coefficient (Wildman–Crippen LogP) is 2.68. The molecule has 2 amide bonds. The molecule has 0 saturated heterocycles. The maximum Gasteiger partial charge on any atom is 0.314 e. The third kappa shape index (κ3) is 3.82. The first-order valence-electron chi connectivity index (χ1n) is 5.78. The van der Waals surface area contributed by atoms with Gasteiger partial charge in [0.1, 0.15) is 17.5 Å². The van der Waals surface area contributed by atoms with Crippen LogP contribution in [-0.2, 0) is 9.59 Å². The Kier molecular flexibility index (Phi) is 4.22. The van der Waals surface area contributed by atoms with Crippen LogP contribution in [0.5, 0.6) is 0 Å². The number of carbonyl (C=O) groups is 2. The largest absolute Gasteiger partial charge is 0.318 e. The van der Waals surface area contributed by atoms with Gasteiger partial charge in [0.2, 0.25) is 0 Å². The van der Waals surface area contributed by atoms with Gasteiger partial charge in [-0.3, -0.25) is 9.59 Å². The molecule has 4 nitrogen and oxygen atoms in total. The van der Waals surface area contributed by atoms with Crippen molar-refractivity contribution in [3.05, 3.63) is 59.9 Å². The molecule has 0 radical (unpaired) electrons. The van der Waals surface area contributed by atoms with Gasteiger partial charge in [0.15, 0.2) is 0 Å². The minimum absolute atomic E-state index is 0.191. The van der Waals surface area contributed by atoms with Gasteiger partial charge >= 0.3 is 11.8 Å². The summed E-state index contributed by atoms with van der Waals surface area (Å²) in [5, 5.41) is 4.13. The lowest BCUT2D eigenvalue weighted by atomic mass is 10.3. The second-order valence-electron chi connectivity index (χ2n) is 4.04. The molecule has 0 aliphatic heterocycles. The Balaban J connectivity index is 2.04. The SMILES string of the molecule is O=C(Nc1ccc(F)cc1)C(=O)Nc1cc(F)ccc1F. The first-order valence-corrected chi connectivity index (χ1v) is 5.78. The van der Waals surface area contributed by atoms with Crippen LogP contribution < -0.4 is 10.6 Å². The van der Waals surface area contributed by atoms with Crippen molar-refractivity contribution >= 4 is 23.2 Å². The fourth-order valence-electron chi connectivity index (χ4n) is 1.49. The van der Waals surface area contributed by atoms with Crippen LogP contribution >= 0.6 is 0 Å². The summed E-state index contributed by atoms with van der Waals surface area (Å²) in [5.41, 5.74) is -0.259. The summed E-state index contributed by atoms with van der Waals surface area (Å²) >= 11 is 0. The van der Waals surface area contributed by atoms with E-state index in [0.717, 1.165) is 30.3 Å². The van der Waals surface area contributed by atoms with Crippen molar-refractivity contribution in [2.75, 3.05) is 10.6 Å². The Labute approximate surface area is 117 Å². The monoisotopic (exact) mass is 294 g/mol. The third-order valence-corrected chi connectivity index (χ3v) is 2.48. The zero-order chi connectivity index (χ0) is 15.4. The van der Waals surface area contributed by atoms with E-state index in [0.29, 0.717) is 0 Å². The maximum absolute atomic E-state index is 13.3. The van der Waals surface area contributed by atoms with Crippen LogP contribution in [0.3, 0.4) is 0 Å². The van der Waals surface area contributed by atoms with Crippen molar-refractivity contribution in [2.45, 2.75) is 0 Å². The summed E-state index contributed by atoms with van der Waals surface area (Å²) in [7, 11) is 0. The normalized spacial score (nSPS) is 10.0. The van der Waals surface area contributed by atoms with E-state index >= 15 is 0 Å². The molecule has 2 aromatic carbocycles. The molecule has 0 unspecified atom stereocenters. The van der Waals surface area contributed by atoms with Crippen LogP contribution in [0.2, 0.25) is 0 Å². The number of halogens is 3. The van der Waals surface area contributed by atoms with Crippen molar-refractivity contribution in [3.63, 3.8) is 0 Å². The molecule has 0 aliphatic carbocycles. The number of benzene rings is 2. The van der Waals surface area contributed by atoms with Gasteiger partial charge in [0.25, 0.3) is 0 Å². The zero-order valence-corrected chi connectivity index (χ0v) is 10.5. The van der Waals surface area contributed by atoms with Crippen LogP contribution in [0.1, 0.15) is 0 Å². The van der Waals surface area contributed by atoms with Crippen LogP contribution in [0.4, 0.5) is 24.5 Å². The van der Waals surface area contributed by atoms with Crippen LogP contribution in [0.15, 0.2) is 42.5 Å². The fourth-order valence-corrected chi connectivity index (χ4v) is 1.49. The number of hydrogen-bond acceptors (Lipinski definition) is 2. The van der Waals surface area contributed by atoms with Gasteiger partial charge in [0, 0.05) is 11.8 Å². The molecule has 0 aromatic heterocycles. The molecule has 7 heteroatoms. The Hall–Kier alpha value is -2.83. The lowest BCUT2D eigenvalue weighted by Gasteiger charge is -2.07. The molecule has 0 spiro atoms. The highest BCUT2D eigenvalue weighted by atomic mass is 19.1. The van der Waals surface area contributed by atoms with E-state index in [-0.39, 0.29) is 5.69 Å². The zero-order valence-electron chi connectivity index (χ0n) is 10.5. The Bertz CT molecular complexity index is 687. The maximum atomic E-state index is 13.3. The second-order valence-corrected chi connectivity index (χ2v) is 4.04. The molecule has 2 N–H and O–H groups in total. The van der Waals surface area contributed by atoms with Gasteiger partial charge in [-0.1, -0.05) is 0 Å². The molecule has 0 fully saturated rings. The summed E-state index contributed by atoms with van der Waals surface area (Å²) in [6, 6.07) is 7.15. The van der Waals surface area contributed by atoms with Gasteiger partial charge in [0.05, 0.1) is 5.69 Å². The van der Waals surface area contributed by atoms with Crippen LogP contribution in [0.25, 0.3) is 0 Å². The summed E-state index contributed by atoms with van der Waals surface area (Å²) < 4.78 is 38.9. The average molecular weight is 294 g/mol. The summed E-state index contributed by atoms with van der Waals surface area (Å²) in [5.74, 6) is -4.40. The average Bonchev–Trinajstić information content (AvgIpc) is 2.45. The minimum atomic E-state index is -1.18. The number of hydrogen-bond donors (Lipinski definition) is 2. The Morgan fingerprint density at radius 3 is 2.00 bits per heavy atom. The molecular formula is C14H9F3N2O2. The Morgan fingerprint density at radius 2 is 1.33 bits per heavy atom. The van der Waals surface area contributed by atoms with Gasteiger partial charge in [-0.25, -0.2) is 13.2 Å². The van der Waals surface area contributed by atoms with Gasteiger partial charge < -0.3 is 10.6 Å². The first-order chi connectivity index (χ1) is 9.95. The topological polar surface area (TPSA) is 58.2 Å². The highest BCUT2D eigenvalue weighted by Gasteiger charge is 2.16. The van der Waals surface area contributed by atoms with E-state index < -0.39 is 35.0 Å². The van der Waals surface area contributed by atoms with E-state index in [9.17, 15) is 22.8 Å². The predicted molar refractivity (Wildman–Crippen MR) is 70.0 cm³/mol. The summed E-state index contributed by atoms with van der Waals surface area (Å²) in [6.07, 6.45) is 0. The van der Waals surface area contributed by atoms with E-state index in [4.69, 9.17) is 0 Å². The molecule has 2 rings (SSSR count). The summed E-state index contributed by atoms with van der Waals surface area (Å²) in [6.45, 7) is 0. The quantitative estimate of drug-likeness (QED) is 0.837. The summed E-state index contributed by atoms with van der Waals surface area (Å²) in [4.78, 5) is 23.1. The molecule has 0 heterocycles. The van der Waals surface area contributed by atoms with Gasteiger partial charge in [-0.15, -0.1) is 0 Å². The van der Waals surface area contributed by atoms with Crippen molar-refractivity contribution in [1.29, 1.82) is 0 Å². The van der Waals surface area contributed by atoms with Crippen molar-refractivity contribution < 1.29 is 22.8 Å². The first kappa shape index (κ1) is 14.6. The van der Waals surface area contributed by atoms with Crippen molar-refractivity contribution in [3.8, 4) is 0 Å². The molecule has 0 aliphatic rings. The molecule has 0 bridgehead atoms. The van der Waals surface area contributed by atoms with Gasteiger partial charge in [-0.05, 0) is 36.4 Å². The van der Waals surface area contributed by atoms with E-state index in [1.54, 1.807) is 0 Å². The highest BCUT2D eigenvalue weighted by molar-refractivity contribution is 6.43. The molecule has 21 heavy (non-hydrogen) atoms. The standard InChI is InChI=1S/C14H9F3N2O2/c15-8-1-4-10(5-2-8)18-13(20)14(21)19-12-7-9(16)3-6-11(12)17/h1-7H,(H,18,20)(H,19,21). The second kappa shape index (κ2) is 6.08. The number of carbonyl (C=O) groups excluding carboxylic acids is 2. The van der Waals surface area contributed by atoms with E-state index in [1.165, 1.54) is 12.1 Å². The van der Waals surface area contributed by atoms with Crippen molar-refractivity contribution in [2.24, 2.45) is 0 Å². The van der Waals surface area contributed by atoms with Crippen LogP contribution in [0, 0.1) is 17.5 Å². The number of nitrogens with one attached hydrogen (secondary N) is 2. The highest BCUT2D eigenvalue weighted by Crippen LogP contribution is 2.15. The molecule has 0 saturated carbocycles. The number of rotatable bonds is 2. The van der Waals surface area contributed by atoms with E-state index in [1.807, 2.05) is 5.32 Å². The molecular weight excluding hydrogens is 285 g/mol. The minimum Gasteiger partial charge on any atom is -0.318 e. The number of anilines is 2. The lowest BCUT2D eigenvalue weighted by Crippen LogP contribution is -2.29. The van der Waals surface area contributed by atoms with Crippen LogP contribution in [-0.4, -0.2) is 11.8 Å². The molecule has 0 atom stereocenters.